The number of anilines is 1. The largest absolute Gasteiger partial charge is 0.495 e. The highest BCUT2D eigenvalue weighted by Crippen LogP contribution is 2.33. The molecule has 3 aromatic carbocycles. The highest BCUT2D eigenvalue weighted by atomic mass is 35.5. The second-order valence-electron chi connectivity index (χ2n) is 6.73. The lowest BCUT2D eigenvalue weighted by Gasteiger charge is -2.13. The molecule has 6 nitrogen and oxygen atoms in total. The minimum atomic E-state index is -0.505. The second-order valence-corrected chi connectivity index (χ2v) is 8.13. The van der Waals surface area contributed by atoms with Gasteiger partial charge in [-0.1, -0.05) is 54.1 Å². The maximum Gasteiger partial charge on any atom is 0.294 e. The molecule has 0 spiro atoms. The summed E-state index contributed by atoms with van der Waals surface area (Å²) in [6, 6.07) is 18.3. The normalized spacial score (nSPS) is 15.0. The minimum Gasteiger partial charge on any atom is -0.495 e. The molecule has 1 heterocycles. The summed E-state index contributed by atoms with van der Waals surface area (Å²) >= 11 is 6.88. The molecule has 1 aliphatic heterocycles. The van der Waals surface area contributed by atoms with Crippen LogP contribution in [-0.4, -0.2) is 35.6 Å². The number of thioether (sulfide) groups is 1. The van der Waals surface area contributed by atoms with Gasteiger partial charge >= 0.3 is 0 Å². The Hall–Kier alpha value is -3.29. The van der Waals surface area contributed by atoms with Crippen LogP contribution < -0.4 is 10.1 Å². The van der Waals surface area contributed by atoms with Crippen molar-refractivity contribution in [2.75, 3.05) is 19.0 Å². The van der Waals surface area contributed by atoms with E-state index in [-0.39, 0.29) is 11.4 Å². The van der Waals surface area contributed by atoms with Gasteiger partial charge in [0, 0.05) is 5.69 Å². The van der Waals surface area contributed by atoms with E-state index < -0.39 is 17.1 Å². The maximum atomic E-state index is 12.8. The van der Waals surface area contributed by atoms with E-state index in [1.165, 1.54) is 13.2 Å². The van der Waals surface area contributed by atoms with Crippen molar-refractivity contribution < 1.29 is 19.1 Å². The van der Waals surface area contributed by atoms with E-state index >= 15 is 0 Å². The second kappa shape index (κ2) is 8.83. The van der Waals surface area contributed by atoms with Crippen LogP contribution in [0.15, 0.2) is 65.6 Å². The van der Waals surface area contributed by atoms with Crippen molar-refractivity contribution in [3.05, 3.63) is 76.2 Å². The molecule has 1 fully saturated rings. The van der Waals surface area contributed by atoms with Crippen molar-refractivity contribution in [1.82, 2.24) is 4.90 Å². The first-order chi connectivity index (χ1) is 15.0. The number of hydrogen-bond donors (Lipinski definition) is 1. The summed E-state index contributed by atoms with van der Waals surface area (Å²) in [7, 11) is 1.49. The first-order valence-corrected chi connectivity index (χ1v) is 10.5. The van der Waals surface area contributed by atoms with Crippen LogP contribution in [0.25, 0.3) is 16.8 Å². The van der Waals surface area contributed by atoms with E-state index in [1.807, 2.05) is 42.5 Å². The summed E-state index contributed by atoms with van der Waals surface area (Å²) < 4.78 is 5.08. The van der Waals surface area contributed by atoms with E-state index in [4.69, 9.17) is 16.3 Å². The average Bonchev–Trinajstić information content (AvgIpc) is 3.01. The summed E-state index contributed by atoms with van der Waals surface area (Å²) in [5, 5.41) is 4.50. The number of methoxy groups -OCH3 is 1. The number of carbonyl (C=O) groups excluding carboxylic acids is 3. The summed E-state index contributed by atoms with van der Waals surface area (Å²) in [6.45, 7) is -0.388. The van der Waals surface area contributed by atoms with Gasteiger partial charge in [-0.05, 0) is 52.4 Å². The minimum absolute atomic E-state index is 0.279. The third kappa shape index (κ3) is 4.42. The highest BCUT2D eigenvalue weighted by molar-refractivity contribution is 8.18. The van der Waals surface area contributed by atoms with Crippen LogP contribution in [0.1, 0.15) is 5.56 Å². The van der Waals surface area contributed by atoms with Crippen molar-refractivity contribution in [2.24, 2.45) is 0 Å². The van der Waals surface area contributed by atoms with Crippen LogP contribution >= 0.6 is 23.4 Å². The molecule has 4 rings (SSSR count). The topological polar surface area (TPSA) is 75.7 Å². The van der Waals surface area contributed by atoms with Gasteiger partial charge in [0.15, 0.2) is 0 Å². The van der Waals surface area contributed by atoms with Gasteiger partial charge in [0.25, 0.3) is 11.1 Å². The molecule has 0 radical (unpaired) electrons. The Morgan fingerprint density at radius 3 is 2.68 bits per heavy atom. The molecule has 0 bridgehead atoms. The molecule has 8 heteroatoms. The van der Waals surface area contributed by atoms with Crippen molar-refractivity contribution in [3.63, 3.8) is 0 Å². The van der Waals surface area contributed by atoms with Gasteiger partial charge in [-0.2, -0.15) is 0 Å². The number of nitrogens with zero attached hydrogens (tertiary/aromatic N) is 1. The van der Waals surface area contributed by atoms with Gasteiger partial charge in [0.05, 0.1) is 17.0 Å². The number of halogens is 1. The zero-order valence-corrected chi connectivity index (χ0v) is 18.0. The van der Waals surface area contributed by atoms with Gasteiger partial charge in [-0.15, -0.1) is 0 Å². The first kappa shape index (κ1) is 21.0. The SMILES string of the molecule is COc1ccc(NC(=O)CN2C(=O)S/C(=C/c3cccc4ccccc34)C2=O)cc1Cl. The number of rotatable bonds is 5. The third-order valence-corrected chi connectivity index (χ3v) is 5.92. The monoisotopic (exact) mass is 452 g/mol. The van der Waals surface area contributed by atoms with E-state index in [0.717, 1.165) is 33.0 Å². The maximum absolute atomic E-state index is 12.8. The quantitative estimate of drug-likeness (QED) is 0.540. The number of imide groups is 1. The molecule has 1 saturated heterocycles. The number of benzene rings is 3. The summed E-state index contributed by atoms with van der Waals surface area (Å²) in [5.41, 5.74) is 1.27. The fourth-order valence-electron chi connectivity index (χ4n) is 3.24. The van der Waals surface area contributed by atoms with Crippen molar-refractivity contribution in [3.8, 4) is 5.75 Å². The van der Waals surface area contributed by atoms with E-state index in [1.54, 1.807) is 18.2 Å². The van der Waals surface area contributed by atoms with E-state index in [2.05, 4.69) is 5.32 Å². The van der Waals surface area contributed by atoms with Crippen molar-refractivity contribution >= 4 is 63.0 Å². The van der Waals surface area contributed by atoms with Gasteiger partial charge in [0.2, 0.25) is 5.91 Å². The molecule has 3 aromatic rings. The Morgan fingerprint density at radius 2 is 1.90 bits per heavy atom. The molecular formula is C23H17ClN2O4S. The molecule has 0 unspecified atom stereocenters. The van der Waals surface area contributed by atoms with E-state index in [0.29, 0.717) is 16.5 Å². The zero-order chi connectivity index (χ0) is 22.0. The van der Waals surface area contributed by atoms with Crippen molar-refractivity contribution in [1.29, 1.82) is 0 Å². The van der Waals surface area contributed by atoms with Gasteiger partial charge in [0.1, 0.15) is 12.3 Å². The highest BCUT2D eigenvalue weighted by Gasteiger charge is 2.36. The molecule has 31 heavy (non-hydrogen) atoms. The Bertz CT molecular complexity index is 1240. The van der Waals surface area contributed by atoms with Crippen LogP contribution in [-0.2, 0) is 9.59 Å². The smallest absolute Gasteiger partial charge is 0.294 e. The molecule has 0 aromatic heterocycles. The van der Waals surface area contributed by atoms with Crippen LogP contribution in [0, 0.1) is 0 Å². The van der Waals surface area contributed by atoms with Gasteiger partial charge in [-0.25, -0.2) is 0 Å². The Morgan fingerprint density at radius 1 is 1.13 bits per heavy atom. The predicted octanol–water partition coefficient (Wildman–Crippen LogP) is 5.18. The Balaban J connectivity index is 1.50. The molecule has 0 saturated carbocycles. The lowest BCUT2D eigenvalue weighted by molar-refractivity contribution is -0.127. The summed E-state index contributed by atoms with van der Waals surface area (Å²) in [6.07, 6.45) is 1.69. The predicted molar refractivity (Wildman–Crippen MR) is 123 cm³/mol. The molecular weight excluding hydrogens is 436 g/mol. The number of fused-ring (bicyclic) bond motifs is 1. The molecule has 1 N–H and O–H groups in total. The average molecular weight is 453 g/mol. The Kier molecular flexibility index (Phi) is 5.97. The standard InChI is InChI=1S/C23H17ClN2O4S/c1-30-19-10-9-16(12-18(19)24)25-21(27)13-26-22(28)20(31-23(26)29)11-15-7-4-6-14-5-2-3-8-17(14)15/h2-12H,13H2,1H3,(H,25,27)/b20-11+. The third-order valence-electron chi connectivity index (χ3n) is 4.72. The van der Waals surface area contributed by atoms with Crippen LogP contribution in [0.3, 0.4) is 0 Å². The first-order valence-electron chi connectivity index (χ1n) is 9.33. The lowest BCUT2D eigenvalue weighted by Crippen LogP contribution is -2.36. The molecule has 0 atom stereocenters. The molecule has 1 aliphatic rings. The number of amides is 3. The van der Waals surface area contributed by atoms with Crippen molar-refractivity contribution in [2.45, 2.75) is 0 Å². The van der Waals surface area contributed by atoms with Crippen LogP contribution in [0.4, 0.5) is 10.5 Å². The number of nitrogens with one attached hydrogen (secondary N) is 1. The number of carbonyl (C=O) groups is 3. The van der Waals surface area contributed by atoms with Crippen LogP contribution in [0.5, 0.6) is 5.75 Å². The molecule has 3 amide bonds. The van der Waals surface area contributed by atoms with Gasteiger partial charge < -0.3 is 10.1 Å². The molecule has 156 valence electrons. The van der Waals surface area contributed by atoms with Gasteiger partial charge in [-0.3, -0.25) is 19.3 Å². The number of hydrogen-bond acceptors (Lipinski definition) is 5. The fourth-order valence-corrected chi connectivity index (χ4v) is 4.33. The van der Waals surface area contributed by atoms with E-state index in [9.17, 15) is 14.4 Å². The summed E-state index contributed by atoms with van der Waals surface area (Å²) in [5.74, 6) is -0.523. The van der Waals surface area contributed by atoms with Crippen LogP contribution in [0.2, 0.25) is 5.02 Å². The number of ether oxygens (including phenoxy) is 1. The molecule has 0 aliphatic carbocycles. The lowest BCUT2D eigenvalue weighted by atomic mass is 10.0. The Labute approximate surface area is 187 Å². The summed E-state index contributed by atoms with van der Waals surface area (Å²) in [4.78, 5) is 38.8. The fraction of sp³-hybridized carbons (Fsp3) is 0.0870. The zero-order valence-electron chi connectivity index (χ0n) is 16.4.